The highest BCUT2D eigenvalue weighted by Crippen LogP contribution is 2.41. The molecule has 188 valence electrons. The Kier molecular flexibility index (Phi) is 10.6. The maximum atomic E-state index is 14.9. The highest BCUT2D eigenvalue weighted by Gasteiger charge is 2.44. The maximum absolute atomic E-state index is 14.9. The van der Waals surface area contributed by atoms with Crippen molar-refractivity contribution >= 4 is 0 Å². The molecule has 0 radical (unpaired) electrons. The standard InChI is InChI=1S/C27H45FN2O3/c1-29-19-25(26(31)21-11-4-3-5-12-21)30-17-10-13-22(20-30)27(32,16-8-9-18-33-2)23-14-6-7-15-24(23)28/h6-7,14-15,21-22,25-26,29,31-32H,3-5,8-13,16-20H2,1-2H3/t22?,25-,26+,27+/m1/s1. The van der Waals surface area contributed by atoms with Crippen molar-refractivity contribution in [3.63, 3.8) is 0 Å². The number of halogens is 1. The Labute approximate surface area is 199 Å². The Morgan fingerprint density at radius 2 is 1.91 bits per heavy atom. The van der Waals surface area contributed by atoms with Crippen molar-refractivity contribution in [1.29, 1.82) is 0 Å². The van der Waals surface area contributed by atoms with Crippen LogP contribution in [0.15, 0.2) is 24.3 Å². The summed E-state index contributed by atoms with van der Waals surface area (Å²) in [5.74, 6) is -0.0709. The van der Waals surface area contributed by atoms with E-state index in [9.17, 15) is 14.6 Å². The number of methoxy groups -OCH3 is 1. The van der Waals surface area contributed by atoms with Crippen molar-refractivity contribution in [3.05, 3.63) is 35.6 Å². The van der Waals surface area contributed by atoms with Gasteiger partial charge in [0, 0.05) is 44.3 Å². The predicted molar refractivity (Wildman–Crippen MR) is 131 cm³/mol. The Hall–Kier alpha value is -1.05. The summed E-state index contributed by atoms with van der Waals surface area (Å²) in [5, 5.41) is 26.7. The molecule has 33 heavy (non-hydrogen) atoms. The monoisotopic (exact) mass is 464 g/mol. The second kappa shape index (κ2) is 13.1. The molecule has 1 aromatic rings. The fraction of sp³-hybridized carbons (Fsp3) is 0.778. The summed E-state index contributed by atoms with van der Waals surface area (Å²) in [7, 11) is 3.62. The van der Waals surface area contributed by atoms with Crippen molar-refractivity contribution in [2.45, 2.75) is 82.0 Å². The van der Waals surface area contributed by atoms with Crippen LogP contribution in [0.1, 0.15) is 69.8 Å². The Morgan fingerprint density at radius 3 is 2.61 bits per heavy atom. The molecule has 0 spiro atoms. The van der Waals surface area contributed by atoms with E-state index in [2.05, 4.69) is 10.2 Å². The predicted octanol–water partition coefficient (Wildman–Crippen LogP) is 4.07. The molecule has 3 N–H and O–H groups in total. The Morgan fingerprint density at radius 1 is 1.15 bits per heavy atom. The molecule has 1 aromatic carbocycles. The number of likely N-dealkylation sites (tertiary alicyclic amines) is 1. The van der Waals surface area contributed by atoms with Gasteiger partial charge in [-0.1, -0.05) is 37.5 Å². The number of likely N-dealkylation sites (N-methyl/N-ethyl adjacent to an activating group) is 1. The Bertz CT molecular complexity index is 700. The molecular weight excluding hydrogens is 419 g/mol. The van der Waals surface area contributed by atoms with E-state index in [0.717, 1.165) is 51.6 Å². The molecule has 0 aromatic heterocycles. The van der Waals surface area contributed by atoms with Crippen LogP contribution in [0, 0.1) is 17.7 Å². The van der Waals surface area contributed by atoms with Gasteiger partial charge in [0.15, 0.2) is 0 Å². The van der Waals surface area contributed by atoms with Crippen LogP contribution < -0.4 is 5.32 Å². The van der Waals surface area contributed by atoms with E-state index in [1.54, 1.807) is 19.2 Å². The van der Waals surface area contributed by atoms with Gasteiger partial charge in [0.2, 0.25) is 0 Å². The number of aliphatic hydroxyl groups is 2. The summed E-state index contributed by atoms with van der Waals surface area (Å²) < 4.78 is 20.1. The van der Waals surface area contributed by atoms with Crippen molar-refractivity contribution in [2.24, 2.45) is 11.8 Å². The molecule has 4 atom stereocenters. The first-order valence-electron chi connectivity index (χ1n) is 13.0. The van der Waals surface area contributed by atoms with E-state index in [0.29, 0.717) is 31.1 Å². The molecule has 1 aliphatic heterocycles. The van der Waals surface area contributed by atoms with Crippen LogP contribution in [-0.4, -0.2) is 67.7 Å². The summed E-state index contributed by atoms with van der Waals surface area (Å²) in [6, 6.07) is 6.70. The minimum absolute atomic E-state index is 0.0132. The fourth-order valence-electron chi connectivity index (χ4n) is 6.17. The van der Waals surface area contributed by atoms with Gasteiger partial charge in [-0.2, -0.15) is 0 Å². The van der Waals surface area contributed by atoms with Gasteiger partial charge in [0.25, 0.3) is 0 Å². The van der Waals surface area contributed by atoms with Crippen molar-refractivity contribution in [1.82, 2.24) is 10.2 Å². The van der Waals surface area contributed by atoms with E-state index in [4.69, 9.17) is 4.74 Å². The third-order valence-electron chi connectivity index (χ3n) is 8.03. The number of piperidine rings is 1. The van der Waals surface area contributed by atoms with Crippen molar-refractivity contribution in [3.8, 4) is 0 Å². The molecule has 3 rings (SSSR count). The number of aliphatic hydroxyl groups excluding tert-OH is 1. The molecule has 2 fully saturated rings. The maximum Gasteiger partial charge on any atom is 0.129 e. The summed E-state index contributed by atoms with van der Waals surface area (Å²) in [6.45, 7) is 2.94. The largest absolute Gasteiger partial charge is 0.391 e. The first-order chi connectivity index (χ1) is 16.0. The molecule has 1 saturated carbocycles. The average Bonchev–Trinajstić information content (AvgIpc) is 2.85. The molecule has 1 heterocycles. The summed E-state index contributed by atoms with van der Waals surface area (Å²) >= 11 is 0. The van der Waals surface area contributed by atoms with Crippen molar-refractivity contribution < 1.29 is 19.3 Å². The highest BCUT2D eigenvalue weighted by atomic mass is 19.1. The van der Waals surface area contributed by atoms with Crippen LogP contribution in [0.4, 0.5) is 4.39 Å². The van der Waals surface area contributed by atoms with Crippen LogP contribution in [-0.2, 0) is 10.3 Å². The van der Waals surface area contributed by atoms with Crippen LogP contribution in [0.25, 0.3) is 0 Å². The Balaban J connectivity index is 1.80. The van der Waals surface area contributed by atoms with E-state index >= 15 is 0 Å². The molecule has 1 saturated heterocycles. The summed E-state index contributed by atoms with van der Waals surface area (Å²) in [6.07, 6.45) is 9.41. The number of hydrogen-bond acceptors (Lipinski definition) is 5. The zero-order chi connectivity index (χ0) is 23.7. The number of benzene rings is 1. The number of hydrogen-bond donors (Lipinski definition) is 3. The van der Waals surface area contributed by atoms with E-state index in [1.807, 2.05) is 13.1 Å². The minimum Gasteiger partial charge on any atom is -0.391 e. The topological polar surface area (TPSA) is 65.0 Å². The van der Waals surface area contributed by atoms with Crippen molar-refractivity contribution in [2.75, 3.05) is 40.4 Å². The van der Waals surface area contributed by atoms with Gasteiger partial charge in [0.05, 0.1) is 11.7 Å². The third-order valence-corrected chi connectivity index (χ3v) is 8.03. The lowest BCUT2D eigenvalue weighted by Gasteiger charge is -2.47. The quantitative estimate of drug-likeness (QED) is 0.407. The normalized spacial score (nSPS) is 24.3. The fourth-order valence-corrected chi connectivity index (χ4v) is 6.17. The van der Waals surface area contributed by atoms with Gasteiger partial charge in [-0.05, 0) is 70.5 Å². The molecule has 1 aliphatic carbocycles. The second-order valence-electron chi connectivity index (χ2n) is 10.2. The van der Waals surface area contributed by atoms with Gasteiger partial charge in [-0.15, -0.1) is 0 Å². The van der Waals surface area contributed by atoms with Gasteiger partial charge in [-0.3, -0.25) is 4.90 Å². The molecule has 6 heteroatoms. The number of nitrogens with zero attached hydrogens (tertiary/aromatic N) is 1. The first-order valence-corrected chi connectivity index (χ1v) is 13.0. The van der Waals surface area contributed by atoms with E-state index in [1.165, 1.54) is 25.3 Å². The lowest BCUT2D eigenvalue weighted by molar-refractivity contribution is -0.0845. The van der Waals surface area contributed by atoms with Gasteiger partial charge < -0.3 is 20.3 Å². The highest BCUT2D eigenvalue weighted by molar-refractivity contribution is 5.26. The molecule has 0 amide bonds. The molecule has 5 nitrogen and oxygen atoms in total. The number of unbranched alkanes of at least 4 members (excludes halogenated alkanes) is 1. The van der Waals surface area contributed by atoms with E-state index in [-0.39, 0.29) is 23.9 Å². The van der Waals surface area contributed by atoms with Gasteiger partial charge in [-0.25, -0.2) is 4.39 Å². The minimum atomic E-state index is -1.22. The molecular formula is C27H45FN2O3. The number of rotatable bonds is 12. The first kappa shape index (κ1) is 26.6. The zero-order valence-electron chi connectivity index (χ0n) is 20.6. The SMILES string of the molecule is CNC[C@H]([C@@H](O)C1CCCCC1)N1CCCC([C@@](O)(CCCCOC)c2ccccc2F)C1. The summed E-state index contributed by atoms with van der Waals surface area (Å²) in [5.41, 5.74) is -0.815. The van der Waals surface area contributed by atoms with E-state index < -0.39 is 5.60 Å². The number of ether oxygens (including phenoxy) is 1. The molecule has 2 aliphatic rings. The smallest absolute Gasteiger partial charge is 0.129 e. The van der Waals surface area contributed by atoms with Gasteiger partial charge in [0.1, 0.15) is 5.82 Å². The molecule has 1 unspecified atom stereocenters. The van der Waals surface area contributed by atoms with Crippen LogP contribution in [0.3, 0.4) is 0 Å². The van der Waals surface area contributed by atoms with Gasteiger partial charge >= 0.3 is 0 Å². The average molecular weight is 465 g/mol. The lowest BCUT2D eigenvalue weighted by atomic mass is 9.73. The molecule has 0 bridgehead atoms. The third kappa shape index (κ3) is 6.76. The zero-order valence-corrected chi connectivity index (χ0v) is 20.6. The number of nitrogens with one attached hydrogen (secondary N) is 1. The van der Waals surface area contributed by atoms with Crippen LogP contribution in [0.5, 0.6) is 0 Å². The summed E-state index contributed by atoms with van der Waals surface area (Å²) in [4.78, 5) is 2.37. The van der Waals surface area contributed by atoms with Crippen LogP contribution >= 0.6 is 0 Å². The second-order valence-corrected chi connectivity index (χ2v) is 10.2. The lowest BCUT2D eigenvalue weighted by Crippen LogP contribution is -2.57. The van der Waals surface area contributed by atoms with Crippen LogP contribution in [0.2, 0.25) is 0 Å².